The number of H-pyrrole nitrogens is 3. The first-order chi connectivity index (χ1) is 49.3. The lowest BCUT2D eigenvalue weighted by Gasteiger charge is -2.12. The molecular formula is C88H99N7O6. The number of fused-ring (bicyclic) bond motifs is 6. The number of amides is 2. The molecule has 9 N–H and O–H groups in total. The number of aryl methyl sites for hydroxylation is 3. The second kappa shape index (κ2) is 35.6. The number of allylic oxidation sites excluding steroid dienone is 4. The lowest BCUT2D eigenvalue weighted by molar-refractivity contribution is -0.121. The van der Waals surface area contributed by atoms with Crippen LogP contribution in [0.2, 0.25) is 0 Å². The average molecular weight is 1350 g/mol. The number of carbonyl (C=O) groups is 2. The molecule has 3 aliphatic carbocycles. The van der Waals surface area contributed by atoms with Gasteiger partial charge in [0, 0.05) is 77.7 Å². The van der Waals surface area contributed by atoms with Crippen LogP contribution in [0.3, 0.4) is 0 Å². The van der Waals surface area contributed by atoms with Gasteiger partial charge in [0.25, 0.3) is 0 Å². The Labute approximate surface area is 595 Å². The third-order valence-electron chi connectivity index (χ3n) is 18.9. The molecule has 3 aliphatic rings. The number of hydrogen-bond acceptors (Lipinski definition) is 8. The third kappa shape index (κ3) is 19.6. The molecule has 0 unspecified atom stereocenters. The maximum Gasteiger partial charge on any atom is 0.219 e. The van der Waals surface area contributed by atoms with Crippen LogP contribution in [0.4, 0.5) is 0 Å². The number of nitrogens with two attached hydrogens (primary N) is 2. The Morgan fingerprint density at radius 2 is 0.802 bits per heavy atom. The molecule has 0 fully saturated rings. The van der Waals surface area contributed by atoms with E-state index in [1.54, 1.807) is 6.92 Å². The van der Waals surface area contributed by atoms with Gasteiger partial charge in [0.05, 0.1) is 0 Å². The van der Waals surface area contributed by atoms with Crippen molar-refractivity contribution < 1.29 is 28.5 Å². The molecule has 13 nitrogen and oxygen atoms in total. The quantitative estimate of drug-likeness (QED) is 0.0264. The van der Waals surface area contributed by atoms with Crippen molar-refractivity contribution in [1.29, 1.82) is 0 Å². The van der Waals surface area contributed by atoms with Crippen molar-refractivity contribution in [2.24, 2.45) is 11.5 Å². The number of benzene rings is 8. The van der Waals surface area contributed by atoms with Gasteiger partial charge in [-0.25, -0.2) is 0 Å². The van der Waals surface area contributed by atoms with E-state index in [-0.39, 0.29) is 11.8 Å². The van der Waals surface area contributed by atoms with Crippen LogP contribution in [-0.2, 0) is 74.5 Å². The van der Waals surface area contributed by atoms with Crippen LogP contribution < -0.4 is 41.0 Å². The minimum Gasteiger partial charge on any atom is -0.489 e. The molecule has 0 spiro atoms. The van der Waals surface area contributed by atoms with Crippen LogP contribution in [0.5, 0.6) is 23.0 Å². The van der Waals surface area contributed by atoms with Gasteiger partial charge in [0.1, 0.15) is 49.4 Å². The van der Waals surface area contributed by atoms with Crippen molar-refractivity contribution in [3.05, 3.63) is 278 Å². The SMILES string of the molecule is CC(=O)NCCc1c[nH]c2ccc(C)cc12.CCC(=O)NCCc1c[nH]c2ccc(C)cc12.CCCC1=CCc2ccc(OCc3cccc(COc4ccc5c(c4)C(CCN)=CC5)c3)cc21.CCCc1c[nH]c2ccc(OCc3ccc(COc4ccc5c(c4)C(CCN)=CC5)cc3)cc12. The maximum atomic E-state index is 11.1. The highest BCUT2D eigenvalue weighted by atomic mass is 16.5. The van der Waals surface area contributed by atoms with Gasteiger partial charge < -0.3 is 56.0 Å². The fourth-order valence-corrected chi connectivity index (χ4v) is 13.5. The summed E-state index contributed by atoms with van der Waals surface area (Å²) >= 11 is 0. The molecule has 13 heteroatoms. The van der Waals surface area contributed by atoms with E-state index >= 15 is 0 Å². The van der Waals surface area contributed by atoms with Crippen molar-refractivity contribution >= 4 is 61.2 Å². The Hall–Kier alpha value is -10.3. The molecule has 101 heavy (non-hydrogen) atoms. The fourth-order valence-electron chi connectivity index (χ4n) is 13.5. The van der Waals surface area contributed by atoms with Crippen LogP contribution in [0.1, 0.15) is 150 Å². The topological polar surface area (TPSA) is 195 Å². The Morgan fingerprint density at radius 1 is 0.416 bits per heavy atom. The molecule has 0 aliphatic heterocycles. The van der Waals surface area contributed by atoms with Crippen LogP contribution >= 0.6 is 0 Å². The number of ether oxygens (including phenoxy) is 4. The van der Waals surface area contributed by atoms with Crippen LogP contribution in [0, 0.1) is 13.8 Å². The first kappa shape index (κ1) is 71.9. The van der Waals surface area contributed by atoms with Crippen LogP contribution in [0.25, 0.3) is 49.4 Å². The molecule has 522 valence electrons. The van der Waals surface area contributed by atoms with Crippen molar-refractivity contribution in [2.75, 3.05) is 26.2 Å². The maximum absolute atomic E-state index is 11.1. The molecule has 3 heterocycles. The standard InChI is InChI=1S/C31H33NO2.C30H32N2O2.C14H18N2O.C13H16N2O/c1-2-4-24-7-8-25-11-13-28(18-30(24)25)33-20-22-5-3-6-23(17-22)21-34-29-14-12-26-9-10-27(15-16-32)31(26)19-29;1-2-3-25-18-32-30-13-12-27(17-29(25)30)34-20-22-6-4-21(5-7-22)19-33-26-11-10-23-8-9-24(14-15-31)28(23)16-26;1-3-14(17)15-7-6-11-9-16-13-5-4-10(2)8-12(11)13;1-9-3-4-13-12(7-9)11(8-15-13)5-6-14-10(2)16/h3,5-7,10-14,17-19H,2,4,8-9,15-16,20-21,32H2,1H3;4-7,9-13,16-18,32H,2-3,8,14-15,19-20,31H2,1H3;4-5,8-9,16H,3,6-7H2,1-2H3,(H,15,17);3-4,7-8,15H,5-6H2,1-2H3,(H,14,16). The zero-order valence-corrected chi connectivity index (χ0v) is 59.7. The summed E-state index contributed by atoms with van der Waals surface area (Å²) in [6, 6.07) is 55.2. The highest BCUT2D eigenvalue weighted by Crippen LogP contribution is 2.36. The van der Waals surface area contributed by atoms with Crippen LogP contribution in [-0.4, -0.2) is 52.9 Å². The second-order valence-electron chi connectivity index (χ2n) is 26.6. The Balaban J connectivity index is 0.000000143. The Bertz CT molecular complexity index is 4620. The molecule has 0 atom stereocenters. The number of aromatic amines is 3. The van der Waals surface area contributed by atoms with Gasteiger partial charge in [-0.15, -0.1) is 0 Å². The van der Waals surface area contributed by atoms with Crippen molar-refractivity contribution in [2.45, 2.75) is 145 Å². The molecule has 3 aromatic heterocycles. The fraction of sp³-hybridized carbons (Fsp3) is 0.295. The number of carbonyl (C=O) groups excluding carboxylic acids is 2. The summed E-state index contributed by atoms with van der Waals surface area (Å²) in [5.41, 5.74) is 38.2. The summed E-state index contributed by atoms with van der Waals surface area (Å²) in [6.45, 7) is 16.9. The molecule has 14 rings (SSSR count). The van der Waals surface area contributed by atoms with Crippen molar-refractivity contribution in [1.82, 2.24) is 25.6 Å². The molecule has 2 amide bonds. The minimum atomic E-state index is 0.0241. The van der Waals surface area contributed by atoms with Gasteiger partial charge in [-0.1, -0.05) is 136 Å². The molecular weight excluding hydrogens is 1250 g/mol. The number of rotatable bonds is 27. The first-order valence-corrected chi connectivity index (χ1v) is 36.1. The smallest absolute Gasteiger partial charge is 0.219 e. The minimum absolute atomic E-state index is 0.0241. The molecule has 0 saturated carbocycles. The molecule has 8 aromatic carbocycles. The Kier molecular flexibility index (Phi) is 25.4. The van der Waals surface area contributed by atoms with Gasteiger partial charge in [-0.2, -0.15) is 0 Å². The summed E-state index contributed by atoms with van der Waals surface area (Å²) in [5, 5.41) is 9.48. The highest BCUT2D eigenvalue weighted by Gasteiger charge is 2.18. The summed E-state index contributed by atoms with van der Waals surface area (Å²) in [6.07, 6.45) is 24.7. The summed E-state index contributed by atoms with van der Waals surface area (Å²) in [7, 11) is 0. The van der Waals surface area contributed by atoms with E-state index in [2.05, 4.69) is 229 Å². The van der Waals surface area contributed by atoms with E-state index in [0.717, 1.165) is 126 Å². The van der Waals surface area contributed by atoms with E-state index in [1.165, 1.54) is 100 Å². The predicted octanol–water partition coefficient (Wildman–Crippen LogP) is 18.1. The van der Waals surface area contributed by atoms with Gasteiger partial charge in [0.15, 0.2) is 0 Å². The lowest BCUT2D eigenvalue weighted by Crippen LogP contribution is -2.24. The Morgan fingerprint density at radius 3 is 1.23 bits per heavy atom. The molecule has 0 radical (unpaired) electrons. The largest absolute Gasteiger partial charge is 0.489 e. The van der Waals surface area contributed by atoms with E-state index in [9.17, 15) is 9.59 Å². The number of aromatic nitrogens is 3. The molecule has 11 aromatic rings. The van der Waals surface area contributed by atoms with Crippen LogP contribution in [0.15, 0.2) is 195 Å². The van der Waals surface area contributed by atoms with Gasteiger partial charge >= 0.3 is 0 Å². The van der Waals surface area contributed by atoms with Crippen molar-refractivity contribution in [3.63, 3.8) is 0 Å². The van der Waals surface area contributed by atoms with Gasteiger partial charge in [-0.05, 0) is 259 Å². The molecule has 0 bridgehead atoms. The van der Waals surface area contributed by atoms with E-state index in [0.29, 0.717) is 59.0 Å². The zero-order chi connectivity index (χ0) is 70.5. The highest BCUT2D eigenvalue weighted by molar-refractivity contribution is 5.86. The third-order valence-corrected chi connectivity index (χ3v) is 18.9. The predicted molar refractivity (Wildman–Crippen MR) is 415 cm³/mol. The average Bonchev–Trinajstić information content (AvgIpc) is 1.74. The number of nitrogens with one attached hydrogen (secondary N) is 5. The summed E-state index contributed by atoms with van der Waals surface area (Å²) < 4.78 is 24.5. The van der Waals surface area contributed by atoms with Crippen molar-refractivity contribution in [3.8, 4) is 23.0 Å². The summed E-state index contributed by atoms with van der Waals surface area (Å²) in [5.74, 6) is 3.77. The van der Waals surface area contributed by atoms with E-state index in [4.69, 9.17) is 30.4 Å². The molecule has 0 saturated heterocycles. The van der Waals surface area contributed by atoms with Gasteiger partial charge in [0.2, 0.25) is 11.8 Å². The van der Waals surface area contributed by atoms with E-state index in [1.807, 2.05) is 25.4 Å². The second-order valence-corrected chi connectivity index (χ2v) is 26.6. The number of hydrogen-bond donors (Lipinski definition) is 7. The zero-order valence-electron chi connectivity index (χ0n) is 59.7. The van der Waals surface area contributed by atoms with E-state index < -0.39 is 0 Å². The lowest BCUT2D eigenvalue weighted by atomic mass is 10.0. The summed E-state index contributed by atoms with van der Waals surface area (Å²) in [4.78, 5) is 31.8. The van der Waals surface area contributed by atoms with Gasteiger partial charge in [-0.3, -0.25) is 9.59 Å². The first-order valence-electron chi connectivity index (χ1n) is 36.1. The normalized spacial score (nSPS) is 12.4. The monoisotopic (exact) mass is 1350 g/mol.